The number of anilines is 1. The zero-order valence-corrected chi connectivity index (χ0v) is 17.9. The fourth-order valence-corrected chi connectivity index (χ4v) is 3.76. The third-order valence-electron chi connectivity index (χ3n) is 5.50. The van der Waals surface area contributed by atoms with Gasteiger partial charge in [0.2, 0.25) is 0 Å². The summed E-state index contributed by atoms with van der Waals surface area (Å²) in [5, 5.41) is 3.41. The van der Waals surface area contributed by atoms with Gasteiger partial charge in [0.15, 0.2) is 5.82 Å². The second-order valence-corrected chi connectivity index (χ2v) is 7.56. The molecule has 0 spiro atoms. The number of methoxy groups -OCH3 is 1. The summed E-state index contributed by atoms with van der Waals surface area (Å²) in [6.07, 6.45) is 1.98. The van der Waals surface area contributed by atoms with Crippen LogP contribution in [0.25, 0.3) is 16.8 Å². The van der Waals surface area contributed by atoms with Gasteiger partial charge in [-0.25, -0.2) is 9.78 Å². The van der Waals surface area contributed by atoms with Gasteiger partial charge < -0.3 is 10.1 Å². The molecule has 1 aromatic heterocycles. The predicted octanol–water partition coefficient (Wildman–Crippen LogP) is 5.21. The molecule has 0 atom stereocenters. The molecule has 1 N–H and O–H groups in total. The fourth-order valence-electron chi connectivity index (χ4n) is 3.76. The number of nitrogens with zero attached hydrogens (tertiary/aromatic N) is 2. The van der Waals surface area contributed by atoms with Crippen LogP contribution >= 0.6 is 0 Å². The van der Waals surface area contributed by atoms with E-state index in [1.807, 2.05) is 61.7 Å². The van der Waals surface area contributed by atoms with Crippen molar-refractivity contribution in [1.82, 2.24) is 9.55 Å². The van der Waals surface area contributed by atoms with Crippen molar-refractivity contribution in [3.8, 4) is 5.69 Å². The number of benzene rings is 2. The number of fused-ring (bicyclic) bond motifs is 1. The summed E-state index contributed by atoms with van der Waals surface area (Å²) in [4.78, 5) is 17.8. The number of rotatable bonds is 3. The van der Waals surface area contributed by atoms with Crippen LogP contribution in [0.15, 0.2) is 60.3 Å². The average molecular weight is 399 g/mol. The lowest BCUT2D eigenvalue weighted by Gasteiger charge is -2.22. The van der Waals surface area contributed by atoms with E-state index in [2.05, 4.69) is 30.4 Å². The van der Waals surface area contributed by atoms with Gasteiger partial charge in [-0.2, -0.15) is 0 Å². The minimum atomic E-state index is -0.431. The van der Waals surface area contributed by atoms with Crippen LogP contribution in [-0.2, 0) is 9.53 Å². The summed E-state index contributed by atoms with van der Waals surface area (Å²) in [5.41, 5.74) is 8.19. The second kappa shape index (κ2) is 7.67. The highest BCUT2D eigenvalue weighted by atomic mass is 16.5. The highest BCUT2D eigenvalue weighted by Crippen LogP contribution is 2.35. The summed E-state index contributed by atoms with van der Waals surface area (Å²) in [6.45, 7) is 8.05. The van der Waals surface area contributed by atoms with Gasteiger partial charge in [0, 0.05) is 22.6 Å². The highest BCUT2D eigenvalue weighted by molar-refractivity contribution is 6.18. The number of hydrogen-bond donors (Lipinski definition) is 1. The molecule has 5 heteroatoms. The summed E-state index contributed by atoms with van der Waals surface area (Å²) in [7, 11) is 1.40. The number of carbonyl (C=O) groups excluding carboxylic acids is 1. The van der Waals surface area contributed by atoms with Crippen molar-refractivity contribution in [2.45, 2.75) is 27.7 Å². The van der Waals surface area contributed by atoms with Crippen LogP contribution < -0.4 is 5.32 Å². The lowest BCUT2D eigenvalue weighted by atomic mass is 9.98. The van der Waals surface area contributed by atoms with Crippen molar-refractivity contribution in [1.29, 1.82) is 0 Å². The summed E-state index contributed by atoms with van der Waals surface area (Å²) in [5.74, 6) is 0.130. The standard InChI is InChI=1S/C25H25N3O2/c1-15-10-12-19(13-11-15)28-18(4)17(3)26-24(28)23(25(29)30-5)22-14-16(2)20-8-6-7-9-21(20)27-22/h6-14,27H,1-5H3/b23-22-. The molecule has 0 aliphatic carbocycles. The van der Waals surface area contributed by atoms with E-state index in [0.717, 1.165) is 33.9 Å². The van der Waals surface area contributed by atoms with E-state index in [9.17, 15) is 4.79 Å². The molecule has 1 aliphatic rings. The number of allylic oxidation sites excluding steroid dienone is 2. The van der Waals surface area contributed by atoms with Crippen molar-refractivity contribution in [3.05, 3.63) is 88.6 Å². The van der Waals surface area contributed by atoms with E-state index in [-0.39, 0.29) is 0 Å². The van der Waals surface area contributed by atoms with E-state index in [0.29, 0.717) is 17.1 Å². The summed E-state index contributed by atoms with van der Waals surface area (Å²) in [6, 6.07) is 16.2. The van der Waals surface area contributed by atoms with Crippen LogP contribution in [0.2, 0.25) is 0 Å². The zero-order chi connectivity index (χ0) is 21.4. The monoisotopic (exact) mass is 399 g/mol. The van der Waals surface area contributed by atoms with Crippen LogP contribution in [0.5, 0.6) is 0 Å². The third kappa shape index (κ3) is 3.32. The number of nitrogens with one attached hydrogen (secondary N) is 1. The van der Waals surface area contributed by atoms with Crippen LogP contribution in [0.1, 0.15) is 35.3 Å². The molecule has 0 radical (unpaired) electrons. The Hall–Kier alpha value is -3.60. The minimum Gasteiger partial charge on any atom is -0.465 e. The highest BCUT2D eigenvalue weighted by Gasteiger charge is 2.27. The molecule has 0 fully saturated rings. The molecule has 0 saturated carbocycles. The van der Waals surface area contributed by atoms with Gasteiger partial charge in [0.25, 0.3) is 0 Å². The maximum absolute atomic E-state index is 13.0. The van der Waals surface area contributed by atoms with E-state index in [1.54, 1.807) is 0 Å². The first-order valence-corrected chi connectivity index (χ1v) is 9.91. The van der Waals surface area contributed by atoms with Gasteiger partial charge in [-0.15, -0.1) is 0 Å². The van der Waals surface area contributed by atoms with Crippen molar-refractivity contribution in [3.63, 3.8) is 0 Å². The third-order valence-corrected chi connectivity index (χ3v) is 5.50. The van der Waals surface area contributed by atoms with Gasteiger partial charge in [0.05, 0.1) is 18.5 Å². The molecule has 1 aliphatic heterocycles. The Balaban J connectivity index is 1.98. The molecule has 3 aromatic rings. The molecular weight excluding hydrogens is 374 g/mol. The lowest BCUT2D eigenvalue weighted by molar-refractivity contribution is -0.133. The van der Waals surface area contributed by atoms with Crippen LogP contribution in [0.4, 0.5) is 5.69 Å². The number of imidazole rings is 1. The summed E-state index contributed by atoms with van der Waals surface area (Å²) < 4.78 is 7.20. The molecule has 2 heterocycles. The largest absolute Gasteiger partial charge is 0.465 e. The summed E-state index contributed by atoms with van der Waals surface area (Å²) >= 11 is 0. The molecule has 0 unspecified atom stereocenters. The van der Waals surface area contributed by atoms with E-state index >= 15 is 0 Å². The van der Waals surface area contributed by atoms with E-state index < -0.39 is 5.97 Å². The molecule has 0 saturated heterocycles. The first kappa shape index (κ1) is 19.7. The Morgan fingerprint density at radius 1 is 1.00 bits per heavy atom. The number of aromatic nitrogens is 2. The molecular formula is C25H25N3O2. The Morgan fingerprint density at radius 3 is 2.40 bits per heavy atom. The van der Waals surface area contributed by atoms with E-state index in [1.165, 1.54) is 12.7 Å². The Bertz CT molecular complexity index is 1200. The number of carbonyl (C=O) groups is 1. The molecule has 4 rings (SSSR count). The van der Waals surface area contributed by atoms with Crippen molar-refractivity contribution >= 4 is 22.8 Å². The maximum Gasteiger partial charge on any atom is 0.343 e. The fraction of sp³-hybridized carbons (Fsp3) is 0.200. The SMILES string of the molecule is COC(=O)/C(=C1/C=C(C)c2ccccc2N1)c1nc(C)c(C)n1-c1ccc(C)cc1. The number of hydrogen-bond acceptors (Lipinski definition) is 4. The predicted molar refractivity (Wildman–Crippen MR) is 120 cm³/mol. The molecule has 152 valence electrons. The molecule has 30 heavy (non-hydrogen) atoms. The second-order valence-electron chi connectivity index (χ2n) is 7.56. The lowest BCUT2D eigenvalue weighted by Crippen LogP contribution is -2.17. The number of esters is 1. The van der Waals surface area contributed by atoms with Crippen molar-refractivity contribution in [2.75, 3.05) is 12.4 Å². The average Bonchev–Trinajstić information content (AvgIpc) is 3.03. The Labute approximate surface area is 176 Å². The topological polar surface area (TPSA) is 56.1 Å². The van der Waals surface area contributed by atoms with Crippen molar-refractivity contribution in [2.24, 2.45) is 0 Å². The van der Waals surface area contributed by atoms with Crippen LogP contribution in [0, 0.1) is 20.8 Å². The van der Waals surface area contributed by atoms with Crippen LogP contribution in [0.3, 0.4) is 0 Å². The first-order valence-electron chi connectivity index (χ1n) is 9.91. The molecule has 2 aromatic carbocycles. The number of ether oxygens (including phenoxy) is 1. The number of para-hydroxylation sites is 1. The normalized spacial score (nSPS) is 14.5. The van der Waals surface area contributed by atoms with Gasteiger partial charge >= 0.3 is 5.97 Å². The first-order chi connectivity index (χ1) is 14.4. The van der Waals surface area contributed by atoms with Gasteiger partial charge in [-0.05, 0) is 57.5 Å². The molecule has 5 nitrogen and oxygen atoms in total. The Morgan fingerprint density at radius 2 is 1.70 bits per heavy atom. The Kier molecular flexibility index (Phi) is 5.04. The number of aryl methyl sites for hydroxylation is 2. The molecule has 0 amide bonds. The van der Waals surface area contributed by atoms with E-state index in [4.69, 9.17) is 9.72 Å². The zero-order valence-electron chi connectivity index (χ0n) is 17.9. The maximum atomic E-state index is 13.0. The van der Waals surface area contributed by atoms with Crippen molar-refractivity contribution < 1.29 is 9.53 Å². The smallest absolute Gasteiger partial charge is 0.343 e. The van der Waals surface area contributed by atoms with Crippen LogP contribution in [-0.4, -0.2) is 22.6 Å². The van der Waals surface area contributed by atoms with Gasteiger partial charge in [-0.3, -0.25) is 4.57 Å². The quantitative estimate of drug-likeness (QED) is 0.485. The van der Waals surface area contributed by atoms with Gasteiger partial charge in [0.1, 0.15) is 5.57 Å². The minimum absolute atomic E-state index is 0.406. The molecule has 0 bridgehead atoms. The van der Waals surface area contributed by atoms with Gasteiger partial charge in [-0.1, -0.05) is 35.9 Å².